The monoisotopic (exact) mass is 425 g/mol. The molecule has 0 spiro atoms. The molecule has 1 aliphatic rings. The predicted molar refractivity (Wildman–Crippen MR) is 110 cm³/mol. The third-order valence-electron chi connectivity index (χ3n) is 5.37. The van der Waals surface area contributed by atoms with E-state index in [2.05, 4.69) is 10.1 Å². The van der Waals surface area contributed by atoms with Gasteiger partial charge in [-0.25, -0.2) is 4.79 Å². The summed E-state index contributed by atoms with van der Waals surface area (Å²) < 4.78 is 14.2. The van der Waals surface area contributed by atoms with Crippen LogP contribution in [0.4, 0.5) is 0 Å². The number of amides is 1. The third kappa shape index (κ3) is 4.28. The Morgan fingerprint density at radius 3 is 1.81 bits per heavy atom. The number of carbonyl (C=O) groups is 4. The van der Waals surface area contributed by atoms with Gasteiger partial charge in [0.25, 0.3) is 0 Å². The van der Waals surface area contributed by atoms with E-state index in [4.69, 9.17) is 9.47 Å². The fourth-order valence-electron chi connectivity index (χ4n) is 3.88. The minimum Gasteiger partial charge on any atom is -0.469 e. The first-order chi connectivity index (χ1) is 14.9. The molecular weight excluding hydrogens is 402 g/mol. The SMILES string of the molecule is COC(=O)C[C@@H](C(=O)OC)[C@@H](NC(=O)C1c2ccccc2-c2ccccc21)C(=O)OC. The lowest BCUT2D eigenvalue weighted by molar-refractivity contribution is -0.159. The molecule has 0 saturated carbocycles. The number of hydrogen-bond donors (Lipinski definition) is 1. The zero-order valence-corrected chi connectivity index (χ0v) is 17.4. The van der Waals surface area contributed by atoms with Crippen LogP contribution in [0, 0.1) is 5.92 Å². The second-order valence-corrected chi connectivity index (χ2v) is 7.03. The highest BCUT2D eigenvalue weighted by molar-refractivity contribution is 5.99. The molecule has 0 heterocycles. The molecule has 162 valence electrons. The highest BCUT2D eigenvalue weighted by atomic mass is 16.5. The van der Waals surface area contributed by atoms with Gasteiger partial charge in [-0.3, -0.25) is 14.4 Å². The molecule has 1 aliphatic carbocycles. The van der Waals surface area contributed by atoms with E-state index in [1.807, 2.05) is 48.5 Å². The zero-order valence-electron chi connectivity index (χ0n) is 17.4. The van der Waals surface area contributed by atoms with E-state index in [-0.39, 0.29) is 0 Å². The van der Waals surface area contributed by atoms with Gasteiger partial charge in [-0.2, -0.15) is 0 Å². The van der Waals surface area contributed by atoms with Crippen LogP contribution in [0.15, 0.2) is 48.5 Å². The molecular formula is C23H23NO7. The molecule has 0 saturated heterocycles. The van der Waals surface area contributed by atoms with Crippen molar-refractivity contribution < 1.29 is 33.4 Å². The quantitative estimate of drug-likeness (QED) is 0.532. The Kier molecular flexibility index (Phi) is 6.69. The summed E-state index contributed by atoms with van der Waals surface area (Å²) in [7, 11) is 3.43. The van der Waals surface area contributed by atoms with E-state index in [1.54, 1.807) is 0 Å². The normalized spacial score (nSPS) is 13.9. The first-order valence-electron chi connectivity index (χ1n) is 9.64. The van der Waals surface area contributed by atoms with Crippen LogP contribution in [0.2, 0.25) is 0 Å². The van der Waals surface area contributed by atoms with Crippen LogP contribution in [0.3, 0.4) is 0 Å². The number of fused-ring (bicyclic) bond motifs is 3. The molecule has 0 unspecified atom stereocenters. The van der Waals surface area contributed by atoms with Gasteiger partial charge < -0.3 is 19.5 Å². The Balaban J connectivity index is 1.97. The molecule has 8 nitrogen and oxygen atoms in total. The van der Waals surface area contributed by atoms with Crippen molar-refractivity contribution in [2.45, 2.75) is 18.4 Å². The summed E-state index contributed by atoms with van der Waals surface area (Å²) in [4.78, 5) is 50.0. The smallest absolute Gasteiger partial charge is 0.329 e. The topological polar surface area (TPSA) is 108 Å². The summed E-state index contributed by atoms with van der Waals surface area (Å²) >= 11 is 0. The van der Waals surface area contributed by atoms with Gasteiger partial charge in [-0.05, 0) is 22.3 Å². The molecule has 2 aromatic carbocycles. The van der Waals surface area contributed by atoms with Crippen LogP contribution in [-0.4, -0.2) is 51.2 Å². The van der Waals surface area contributed by atoms with Crippen LogP contribution in [0.5, 0.6) is 0 Å². The fraction of sp³-hybridized carbons (Fsp3) is 0.304. The van der Waals surface area contributed by atoms with E-state index in [9.17, 15) is 19.2 Å². The lowest BCUT2D eigenvalue weighted by atomic mass is 9.92. The van der Waals surface area contributed by atoms with E-state index in [0.29, 0.717) is 0 Å². The van der Waals surface area contributed by atoms with E-state index in [0.717, 1.165) is 43.6 Å². The van der Waals surface area contributed by atoms with Crippen molar-refractivity contribution >= 4 is 23.8 Å². The number of carbonyl (C=O) groups excluding carboxylic acids is 4. The fourth-order valence-corrected chi connectivity index (χ4v) is 3.88. The first kappa shape index (κ1) is 22.0. The average Bonchev–Trinajstić information content (AvgIpc) is 3.14. The Labute approximate surface area is 179 Å². The van der Waals surface area contributed by atoms with Gasteiger partial charge in [0.2, 0.25) is 5.91 Å². The van der Waals surface area contributed by atoms with Crippen molar-refractivity contribution in [1.82, 2.24) is 5.32 Å². The average molecular weight is 425 g/mol. The number of hydrogen-bond acceptors (Lipinski definition) is 7. The second kappa shape index (κ2) is 9.42. The maximum Gasteiger partial charge on any atom is 0.329 e. The highest BCUT2D eigenvalue weighted by Gasteiger charge is 2.41. The van der Waals surface area contributed by atoms with Crippen molar-refractivity contribution in [3.05, 3.63) is 59.7 Å². The van der Waals surface area contributed by atoms with Crippen LogP contribution in [-0.2, 0) is 33.4 Å². The minimum absolute atomic E-state index is 0.457. The van der Waals surface area contributed by atoms with Crippen LogP contribution >= 0.6 is 0 Å². The van der Waals surface area contributed by atoms with Crippen molar-refractivity contribution in [3.63, 3.8) is 0 Å². The lowest BCUT2D eigenvalue weighted by Gasteiger charge is -2.25. The van der Waals surface area contributed by atoms with Crippen molar-refractivity contribution in [3.8, 4) is 11.1 Å². The lowest BCUT2D eigenvalue weighted by Crippen LogP contribution is -2.51. The van der Waals surface area contributed by atoms with Crippen molar-refractivity contribution in [2.75, 3.05) is 21.3 Å². The van der Waals surface area contributed by atoms with E-state index >= 15 is 0 Å². The molecule has 2 aromatic rings. The molecule has 2 atom stereocenters. The highest BCUT2D eigenvalue weighted by Crippen LogP contribution is 2.44. The standard InChI is InChI=1S/C23H23NO7/c1-29-18(25)12-17(22(27)30-2)20(23(28)31-3)24-21(26)19-15-10-6-4-8-13(15)14-9-5-7-11-16(14)19/h4-11,17,19-20H,12H2,1-3H3,(H,24,26)/t17-,20-/m1/s1. The molecule has 0 fully saturated rings. The summed E-state index contributed by atoms with van der Waals surface area (Å²) in [5, 5.41) is 2.61. The summed E-state index contributed by atoms with van der Waals surface area (Å²) in [5.74, 6) is -4.92. The van der Waals surface area contributed by atoms with Crippen LogP contribution in [0.25, 0.3) is 11.1 Å². The zero-order chi connectivity index (χ0) is 22.5. The molecule has 3 rings (SSSR count). The minimum atomic E-state index is -1.43. The van der Waals surface area contributed by atoms with Gasteiger partial charge in [0.05, 0.1) is 39.6 Å². The van der Waals surface area contributed by atoms with Gasteiger partial charge in [-0.15, -0.1) is 0 Å². The molecule has 0 bridgehead atoms. The number of benzene rings is 2. The van der Waals surface area contributed by atoms with E-state index in [1.165, 1.54) is 0 Å². The number of esters is 3. The summed E-state index contributed by atoms with van der Waals surface area (Å²) in [6.07, 6.45) is -0.457. The van der Waals surface area contributed by atoms with Gasteiger partial charge >= 0.3 is 17.9 Å². The Morgan fingerprint density at radius 2 is 1.32 bits per heavy atom. The molecule has 8 heteroatoms. The Bertz CT molecular complexity index is 971. The number of ether oxygens (including phenoxy) is 3. The Morgan fingerprint density at radius 1 is 0.806 bits per heavy atom. The van der Waals surface area contributed by atoms with Gasteiger partial charge in [0.15, 0.2) is 0 Å². The van der Waals surface area contributed by atoms with Gasteiger partial charge in [0.1, 0.15) is 6.04 Å². The Hall–Kier alpha value is -3.68. The third-order valence-corrected chi connectivity index (χ3v) is 5.37. The molecule has 0 aliphatic heterocycles. The molecule has 0 radical (unpaired) electrons. The first-order valence-corrected chi connectivity index (χ1v) is 9.64. The van der Waals surface area contributed by atoms with E-state index < -0.39 is 48.1 Å². The summed E-state index contributed by atoms with van der Waals surface area (Å²) in [6.45, 7) is 0. The largest absolute Gasteiger partial charge is 0.469 e. The second-order valence-electron chi connectivity index (χ2n) is 7.03. The molecule has 1 N–H and O–H groups in total. The number of methoxy groups -OCH3 is 3. The summed E-state index contributed by atoms with van der Waals surface area (Å²) in [6, 6.07) is 13.5. The van der Waals surface area contributed by atoms with Gasteiger partial charge in [-0.1, -0.05) is 48.5 Å². The maximum atomic E-state index is 13.4. The predicted octanol–water partition coefficient (Wildman–Crippen LogP) is 1.81. The molecule has 0 aromatic heterocycles. The number of rotatable bonds is 7. The van der Waals surface area contributed by atoms with Crippen molar-refractivity contribution in [1.29, 1.82) is 0 Å². The van der Waals surface area contributed by atoms with Crippen LogP contribution in [0.1, 0.15) is 23.5 Å². The maximum absolute atomic E-state index is 13.4. The van der Waals surface area contributed by atoms with Gasteiger partial charge in [0, 0.05) is 0 Å². The van der Waals surface area contributed by atoms with Crippen molar-refractivity contribution in [2.24, 2.45) is 5.92 Å². The molecule has 1 amide bonds. The molecule has 31 heavy (non-hydrogen) atoms. The van der Waals surface area contributed by atoms with Crippen LogP contribution < -0.4 is 5.32 Å². The number of nitrogens with one attached hydrogen (secondary N) is 1. The summed E-state index contributed by atoms with van der Waals surface area (Å²) in [5.41, 5.74) is 3.42.